The first-order valence-electron chi connectivity index (χ1n) is 15.2. The minimum Gasteiger partial charge on any atom is -0.444 e. The Morgan fingerprint density at radius 3 is 2.19 bits per heavy atom. The summed E-state index contributed by atoms with van der Waals surface area (Å²) in [6.45, 7) is 4.91. The van der Waals surface area contributed by atoms with Crippen LogP contribution in [0.2, 0.25) is 0 Å². The summed E-state index contributed by atoms with van der Waals surface area (Å²) in [6.07, 6.45) is 0.917. The second-order valence-electron chi connectivity index (χ2n) is 12.6. The van der Waals surface area contributed by atoms with E-state index in [4.69, 9.17) is 10.5 Å². The summed E-state index contributed by atoms with van der Waals surface area (Å²) in [5.41, 5.74) is 8.27. The predicted octanol–water partition coefficient (Wildman–Crippen LogP) is 7.31. The molecule has 0 bridgehead atoms. The van der Waals surface area contributed by atoms with Crippen molar-refractivity contribution in [2.75, 3.05) is 18.8 Å². The molecule has 0 atom stereocenters. The monoisotopic (exact) mass is 662 g/mol. The molecule has 12 heteroatoms. The van der Waals surface area contributed by atoms with E-state index in [1.807, 2.05) is 32.9 Å². The molecule has 0 fully saturated rings. The summed E-state index contributed by atoms with van der Waals surface area (Å²) in [5, 5.41) is 0. The average molecular weight is 663 g/mol. The van der Waals surface area contributed by atoms with Gasteiger partial charge >= 0.3 is 12.3 Å². The zero-order valence-corrected chi connectivity index (χ0v) is 26.6. The number of anilines is 1. The highest BCUT2D eigenvalue weighted by Crippen LogP contribution is 2.31. The predicted molar refractivity (Wildman–Crippen MR) is 175 cm³/mol. The Bertz CT molecular complexity index is 1930. The number of alkyl halides is 3. The molecule has 0 spiro atoms. The fourth-order valence-corrected chi connectivity index (χ4v) is 5.35. The fourth-order valence-electron chi connectivity index (χ4n) is 5.35. The molecule has 4 aromatic rings. The molecule has 1 amide bonds. The number of carbonyl (C=O) groups is 2. The van der Waals surface area contributed by atoms with Gasteiger partial charge < -0.3 is 19.9 Å². The van der Waals surface area contributed by atoms with Crippen LogP contribution >= 0.6 is 0 Å². The van der Waals surface area contributed by atoms with Crippen molar-refractivity contribution in [1.82, 2.24) is 14.5 Å². The first-order chi connectivity index (χ1) is 22.6. The number of amides is 1. The Morgan fingerprint density at radius 1 is 0.938 bits per heavy atom. The van der Waals surface area contributed by atoms with Gasteiger partial charge in [-0.05, 0) is 73.2 Å². The topological polar surface area (TPSA) is 108 Å². The number of nitrogen functional groups attached to an aromatic ring is 1. The molecule has 0 aliphatic carbocycles. The number of Topliss-reactive ketones (excluding diaryl/α,β-unsaturated/α-hetero) is 1. The molecular weight excluding hydrogens is 628 g/mol. The van der Waals surface area contributed by atoms with Crippen LogP contribution in [-0.2, 0) is 17.7 Å². The van der Waals surface area contributed by atoms with Crippen molar-refractivity contribution in [2.45, 2.75) is 51.9 Å². The standard InChI is InChI=1S/C36H34F4N4O4/c1-35(2,3)48-34(47)44-14-12-23(13-15-44)26-17-28(33(41)42-18-26)24-6-4-22(5-7-24)16-31(45)30-20-43(21-36(38,39)40)19-29(32(30)46)25-8-10-27(37)11-9-25/h4-12,17-20H,13-16,21H2,1-3H3,(H2,41,42). The maximum Gasteiger partial charge on any atom is 0.410 e. The molecule has 3 heterocycles. The minimum atomic E-state index is -4.60. The number of benzene rings is 2. The van der Waals surface area contributed by atoms with Crippen LogP contribution in [0.5, 0.6) is 0 Å². The van der Waals surface area contributed by atoms with Crippen molar-refractivity contribution in [3.8, 4) is 22.3 Å². The van der Waals surface area contributed by atoms with Gasteiger partial charge in [-0.2, -0.15) is 13.2 Å². The number of ether oxygens (including phenoxy) is 1. The van der Waals surface area contributed by atoms with E-state index in [0.717, 1.165) is 45.8 Å². The number of aromatic nitrogens is 2. The lowest BCUT2D eigenvalue weighted by molar-refractivity contribution is -0.140. The first-order valence-corrected chi connectivity index (χ1v) is 15.2. The highest BCUT2D eigenvalue weighted by molar-refractivity contribution is 5.98. The maximum atomic E-state index is 13.5. The number of carbonyl (C=O) groups excluding carboxylic acids is 2. The third-order valence-electron chi connectivity index (χ3n) is 7.68. The number of hydrogen-bond acceptors (Lipinski definition) is 6. The zero-order chi connectivity index (χ0) is 34.8. The van der Waals surface area contributed by atoms with Crippen molar-refractivity contribution in [2.24, 2.45) is 0 Å². The van der Waals surface area contributed by atoms with Crippen LogP contribution in [0.15, 0.2) is 84.1 Å². The number of pyridine rings is 2. The largest absolute Gasteiger partial charge is 0.444 e. The Morgan fingerprint density at radius 2 is 1.58 bits per heavy atom. The third kappa shape index (κ3) is 8.36. The summed E-state index contributed by atoms with van der Waals surface area (Å²) < 4.78 is 59.5. The van der Waals surface area contributed by atoms with Gasteiger partial charge in [-0.3, -0.25) is 9.59 Å². The Balaban J connectivity index is 1.35. The number of nitrogens with two attached hydrogens (primary N) is 1. The summed E-state index contributed by atoms with van der Waals surface area (Å²) in [7, 11) is 0. The number of rotatable bonds is 7. The molecule has 2 N–H and O–H groups in total. The number of nitrogens with zero attached hydrogens (tertiary/aromatic N) is 3. The van der Waals surface area contributed by atoms with Gasteiger partial charge in [0, 0.05) is 49.2 Å². The summed E-state index contributed by atoms with van der Waals surface area (Å²) in [5.74, 6) is -0.954. The van der Waals surface area contributed by atoms with Gasteiger partial charge in [-0.15, -0.1) is 0 Å². The lowest BCUT2D eigenvalue weighted by atomic mass is 9.96. The molecule has 0 saturated heterocycles. The van der Waals surface area contributed by atoms with Crippen molar-refractivity contribution in [3.05, 3.63) is 112 Å². The second kappa shape index (κ2) is 13.5. The zero-order valence-electron chi connectivity index (χ0n) is 26.6. The molecule has 2 aromatic carbocycles. The van der Waals surface area contributed by atoms with Gasteiger partial charge in [0.25, 0.3) is 0 Å². The fraction of sp³-hybridized carbons (Fsp3) is 0.278. The van der Waals surface area contributed by atoms with Crippen molar-refractivity contribution in [1.29, 1.82) is 0 Å². The lowest BCUT2D eigenvalue weighted by Crippen LogP contribution is -2.39. The van der Waals surface area contributed by atoms with E-state index in [2.05, 4.69) is 4.98 Å². The molecule has 8 nitrogen and oxygen atoms in total. The molecule has 0 unspecified atom stereocenters. The first kappa shape index (κ1) is 34.1. The van der Waals surface area contributed by atoms with E-state index in [1.54, 1.807) is 35.4 Å². The van der Waals surface area contributed by atoms with E-state index in [1.165, 1.54) is 12.1 Å². The van der Waals surface area contributed by atoms with Gasteiger partial charge in [-0.25, -0.2) is 14.2 Å². The molecule has 0 radical (unpaired) electrons. The molecule has 0 saturated carbocycles. The van der Waals surface area contributed by atoms with Crippen molar-refractivity contribution in [3.63, 3.8) is 0 Å². The van der Waals surface area contributed by atoms with Gasteiger partial charge in [-0.1, -0.05) is 42.5 Å². The summed E-state index contributed by atoms with van der Waals surface area (Å²) in [6, 6.07) is 13.5. The Kier molecular flexibility index (Phi) is 9.56. The van der Waals surface area contributed by atoms with Gasteiger partial charge in [0.2, 0.25) is 0 Å². The Hall–Kier alpha value is -5.26. The maximum absolute atomic E-state index is 13.5. The van der Waals surface area contributed by atoms with Crippen LogP contribution in [-0.4, -0.2) is 51.2 Å². The van der Waals surface area contributed by atoms with Crippen LogP contribution in [0.4, 0.5) is 28.2 Å². The van der Waals surface area contributed by atoms with Crippen LogP contribution in [0, 0.1) is 5.82 Å². The minimum absolute atomic E-state index is 0.145. The molecule has 5 rings (SSSR count). The molecule has 1 aliphatic heterocycles. The Labute approximate surface area is 274 Å². The van der Waals surface area contributed by atoms with Crippen LogP contribution < -0.4 is 11.2 Å². The van der Waals surface area contributed by atoms with E-state index in [9.17, 15) is 31.9 Å². The number of hydrogen-bond donors (Lipinski definition) is 1. The van der Waals surface area contributed by atoms with E-state index >= 15 is 0 Å². The highest BCUT2D eigenvalue weighted by Gasteiger charge is 2.29. The third-order valence-corrected chi connectivity index (χ3v) is 7.68. The average Bonchev–Trinajstić information content (AvgIpc) is 3.01. The van der Waals surface area contributed by atoms with E-state index in [0.29, 0.717) is 30.6 Å². The van der Waals surface area contributed by atoms with Gasteiger partial charge in [0.05, 0.1) is 5.56 Å². The summed E-state index contributed by atoms with van der Waals surface area (Å²) in [4.78, 5) is 45.0. The highest BCUT2D eigenvalue weighted by atomic mass is 19.4. The molecule has 250 valence electrons. The molecule has 1 aliphatic rings. The summed E-state index contributed by atoms with van der Waals surface area (Å²) >= 11 is 0. The smallest absolute Gasteiger partial charge is 0.410 e. The lowest BCUT2D eigenvalue weighted by Gasteiger charge is -2.29. The molecule has 2 aromatic heterocycles. The van der Waals surface area contributed by atoms with Crippen LogP contribution in [0.25, 0.3) is 27.8 Å². The van der Waals surface area contributed by atoms with E-state index in [-0.39, 0.29) is 29.5 Å². The van der Waals surface area contributed by atoms with Crippen LogP contribution in [0.1, 0.15) is 48.7 Å². The van der Waals surface area contributed by atoms with Crippen molar-refractivity contribution < 1.29 is 31.9 Å². The number of ketones is 1. The SMILES string of the molecule is CC(C)(C)OC(=O)N1CC=C(c2cnc(N)c(-c3ccc(CC(=O)c4cn(CC(F)(F)F)cc(-c5ccc(F)cc5)c4=O)cc3)c2)CC1. The van der Waals surface area contributed by atoms with E-state index < -0.39 is 40.9 Å². The molecule has 48 heavy (non-hydrogen) atoms. The molecular formula is C36H34F4N4O4. The van der Waals surface area contributed by atoms with Crippen LogP contribution in [0.3, 0.4) is 0 Å². The normalized spacial score (nSPS) is 13.6. The van der Waals surface area contributed by atoms with Gasteiger partial charge in [0.1, 0.15) is 23.8 Å². The number of halogens is 4. The quantitative estimate of drug-likeness (QED) is 0.164. The van der Waals surface area contributed by atoms with Gasteiger partial charge in [0.15, 0.2) is 11.2 Å². The van der Waals surface area contributed by atoms with Crippen molar-refractivity contribution >= 4 is 23.3 Å². The second-order valence-corrected chi connectivity index (χ2v) is 12.6.